The van der Waals surface area contributed by atoms with Gasteiger partial charge in [-0.05, 0) is 37.1 Å². The molecule has 1 aliphatic heterocycles. The van der Waals surface area contributed by atoms with E-state index < -0.39 is 0 Å². The van der Waals surface area contributed by atoms with E-state index in [2.05, 4.69) is 20.6 Å². The average Bonchev–Trinajstić information content (AvgIpc) is 2.69. The molecule has 1 aliphatic rings. The molecule has 0 aliphatic carbocycles. The van der Waals surface area contributed by atoms with Crippen molar-refractivity contribution in [3.63, 3.8) is 0 Å². The highest BCUT2D eigenvalue weighted by atomic mass is 19.1. The van der Waals surface area contributed by atoms with Gasteiger partial charge in [-0.2, -0.15) is 0 Å². The summed E-state index contributed by atoms with van der Waals surface area (Å²) in [5.41, 5.74) is 1.52. The van der Waals surface area contributed by atoms with Crippen LogP contribution in [0.5, 0.6) is 11.5 Å². The first-order chi connectivity index (χ1) is 13.7. The third-order valence-electron chi connectivity index (χ3n) is 4.31. The molecule has 144 valence electrons. The average molecular weight is 380 g/mol. The lowest BCUT2D eigenvalue weighted by atomic mass is 10.1. The number of hydrogen-bond acceptors (Lipinski definition) is 6. The maximum atomic E-state index is 13.7. The monoisotopic (exact) mass is 380 g/mol. The smallest absolute Gasteiger partial charge is 0.163 e. The molecular formula is C21H21FN4O2. The molecule has 4 rings (SSSR count). The molecule has 28 heavy (non-hydrogen) atoms. The van der Waals surface area contributed by atoms with E-state index in [0.717, 1.165) is 11.4 Å². The second kappa shape index (κ2) is 8.12. The molecule has 0 saturated heterocycles. The highest BCUT2D eigenvalue weighted by Crippen LogP contribution is 2.33. The highest BCUT2D eigenvalue weighted by Gasteiger charge is 2.12. The number of fused-ring (bicyclic) bond motifs is 1. The Kier molecular flexibility index (Phi) is 5.23. The summed E-state index contributed by atoms with van der Waals surface area (Å²) >= 11 is 0. The Morgan fingerprint density at radius 1 is 0.964 bits per heavy atom. The van der Waals surface area contributed by atoms with Gasteiger partial charge in [-0.25, -0.2) is 14.4 Å². The van der Waals surface area contributed by atoms with Crippen molar-refractivity contribution in [2.45, 2.75) is 13.3 Å². The summed E-state index contributed by atoms with van der Waals surface area (Å²) in [4.78, 5) is 8.83. The highest BCUT2D eigenvalue weighted by molar-refractivity contribution is 5.63. The Labute approximate surface area is 162 Å². The van der Waals surface area contributed by atoms with Gasteiger partial charge in [-0.15, -0.1) is 0 Å². The van der Waals surface area contributed by atoms with E-state index in [9.17, 15) is 4.39 Å². The molecule has 0 atom stereocenters. The van der Waals surface area contributed by atoms with E-state index in [0.29, 0.717) is 55.0 Å². The molecule has 0 amide bonds. The predicted octanol–water partition coefficient (Wildman–Crippen LogP) is 4.09. The normalized spacial score (nSPS) is 12.5. The topological polar surface area (TPSA) is 68.3 Å². The summed E-state index contributed by atoms with van der Waals surface area (Å²) in [6.45, 7) is 3.50. The first kappa shape index (κ1) is 18.0. The predicted molar refractivity (Wildman–Crippen MR) is 106 cm³/mol. The number of rotatable bonds is 6. The van der Waals surface area contributed by atoms with Crippen molar-refractivity contribution in [3.8, 4) is 11.5 Å². The van der Waals surface area contributed by atoms with Crippen LogP contribution in [0.25, 0.3) is 0 Å². The number of benzene rings is 2. The first-order valence-corrected chi connectivity index (χ1v) is 9.17. The summed E-state index contributed by atoms with van der Waals surface area (Å²) < 4.78 is 24.9. The number of ether oxygens (including phenoxy) is 2. The van der Waals surface area contributed by atoms with Crippen molar-refractivity contribution in [2.75, 3.05) is 30.4 Å². The minimum absolute atomic E-state index is 0.191. The van der Waals surface area contributed by atoms with Gasteiger partial charge >= 0.3 is 0 Å². The number of nitrogens with one attached hydrogen (secondary N) is 2. The summed E-state index contributed by atoms with van der Waals surface area (Å²) in [5, 5.41) is 6.50. The Balaban J connectivity index is 1.43. The fourth-order valence-electron chi connectivity index (χ4n) is 3.02. The van der Waals surface area contributed by atoms with Gasteiger partial charge in [0.05, 0.1) is 0 Å². The molecule has 6 nitrogen and oxygen atoms in total. The Bertz CT molecular complexity index is 980. The lowest BCUT2D eigenvalue weighted by Crippen LogP contribution is -2.15. The molecule has 2 aromatic carbocycles. The van der Waals surface area contributed by atoms with Gasteiger partial charge in [0.2, 0.25) is 0 Å². The zero-order valence-electron chi connectivity index (χ0n) is 15.5. The van der Waals surface area contributed by atoms with E-state index in [1.54, 1.807) is 12.1 Å². The number of nitrogens with zero attached hydrogens (tertiary/aromatic N) is 2. The quantitative estimate of drug-likeness (QED) is 0.671. The van der Waals surface area contributed by atoms with Gasteiger partial charge in [0, 0.05) is 24.4 Å². The van der Waals surface area contributed by atoms with Crippen molar-refractivity contribution in [2.24, 2.45) is 0 Å². The van der Waals surface area contributed by atoms with Crippen LogP contribution in [0.1, 0.15) is 11.4 Å². The van der Waals surface area contributed by atoms with Gasteiger partial charge < -0.3 is 20.1 Å². The molecule has 2 heterocycles. The zero-order valence-corrected chi connectivity index (χ0v) is 15.5. The van der Waals surface area contributed by atoms with E-state index in [4.69, 9.17) is 9.47 Å². The molecule has 0 unspecified atom stereocenters. The van der Waals surface area contributed by atoms with Crippen molar-refractivity contribution in [1.82, 2.24) is 9.97 Å². The lowest BCUT2D eigenvalue weighted by molar-refractivity contribution is 0.171. The molecule has 7 heteroatoms. The molecular weight excluding hydrogens is 359 g/mol. The van der Waals surface area contributed by atoms with Gasteiger partial charge in [-0.1, -0.05) is 18.2 Å². The third-order valence-corrected chi connectivity index (χ3v) is 4.31. The third kappa shape index (κ3) is 4.31. The minimum atomic E-state index is -0.191. The van der Waals surface area contributed by atoms with Crippen LogP contribution >= 0.6 is 0 Å². The molecule has 0 saturated carbocycles. The van der Waals surface area contributed by atoms with Crippen LogP contribution in [0, 0.1) is 12.7 Å². The van der Waals surface area contributed by atoms with Crippen LogP contribution in [0.15, 0.2) is 48.5 Å². The summed E-state index contributed by atoms with van der Waals surface area (Å²) in [6, 6.07) is 14.3. The first-order valence-electron chi connectivity index (χ1n) is 9.17. The van der Waals surface area contributed by atoms with Gasteiger partial charge in [0.1, 0.15) is 36.5 Å². The van der Waals surface area contributed by atoms with Crippen molar-refractivity contribution >= 4 is 17.3 Å². The molecule has 0 bridgehead atoms. The second-order valence-corrected chi connectivity index (χ2v) is 6.44. The van der Waals surface area contributed by atoms with E-state index in [1.165, 1.54) is 6.07 Å². The van der Waals surface area contributed by atoms with Crippen molar-refractivity contribution in [3.05, 3.63) is 65.7 Å². The van der Waals surface area contributed by atoms with Crippen LogP contribution in [0.2, 0.25) is 0 Å². The molecule has 2 N–H and O–H groups in total. The lowest BCUT2D eigenvalue weighted by Gasteiger charge is -2.19. The maximum Gasteiger partial charge on any atom is 0.163 e. The van der Waals surface area contributed by atoms with Gasteiger partial charge in [-0.3, -0.25) is 0 Å². The van der Waals surface area contributed by atoms with E-state index in [-0.39, 0.29) is 5.82 Å². The fourth-order valence-corrected chi connectivity index (χ4v) is 3.02. The van der Waals surface area contributed by atoms with Crippen LogP contribution in [0.3, 0.4) is 0 Å². The number of anilines is 3. The molecule has 3 aromatic rings. The molecule has 0 fully saturated rings. The fraction of sp³-hybridized carbons (Fsp3) is 0.238. The van der Waals surface area contributed by atoms with Gasteiger partial charge in [0.25, 0.3) is 0 Å². The Morgan fingerprint density at radius 2 is 1.75 bits per heavy atom. The van der Waals surface area contributed by atoms with Crippen molar-refractivity contribution < 1.29 is 13.9 Å². The number of aromatic nitrogens is 2. The standard InChI is InChI=1S/C21H21FN4O2/c1-14-24-20(23-9-8-15-4-2-3-5-17(15)22)13-21(25-14)26-16-6-7-18-19(12-16)28-11-10-27-18/h2-7,12-13H,8-11H2,1H3,(H2,23,24,25,26). The summed E-state index contributed by atoms with van der Waals surface area (Å²) in [5.74, 6) is 3.25. The SMILES string of the molecule is Cc1nc(NCCc2ccccc2F)cc(Nc2ccc3c(c2)OCCO3)n1. The van der Waals surface area contributed by atoms with Crippen LogP contribution in [0.4, 0.5) is 21.7 Å². The summed E-state index contributed by atoms with van der Waals surface area (Å²) in [7, 11) is 0. The maximum absolute atomic E-state index is 13.7. The minimum Gasteiger partial charge on any atom is -0.486 e. The molecule has 1 aromatic heterocycles. The largest absolute Gasteiger partial charge is 0.486 e. The number of aryl methyl sites for hydroxylation is 1. The Morgan fingerprint density at radius 3 is 2.61 bits per heavy atom. The van der Waals surface area contributed by atoms with E-state index in [1.807, 2.05) is 37.3 Å². The Hall–Kier alpha value is -3.35. The van der Waals surface area contributed by atoms with Crippen LogP contribution in [-0.2, 0) is 6.42 Å². The molecule has 0 spiro atoms. The molecule has 0 radical (unpaired) electrons. The second-order valence-electron chi connectivity index (χ2n) is 6.44. The van der Waals surface area contributed by atoms with Crippen LogP contribution < -0.4 is 20.1 Å². The van der Waals surface area contributed by atoms with Crippen molar-refractivity contribution in [1.29, 1.82) is 0 Å². The number of hydrogen-bond donors (Lipinski definition) is 2. The van der Waals surface area contributed by atoms with Gasteiger partial charge in [0.15, 0.2) is 11.5 Å². The zero-order chi connectivity index (χ0) is 19.3. The summed E-state index contributed by atoms with van der Waals surface area (Å²) in [6.07, 6.45) is 0.570. The number of halogens is 1. The van der Waals surface area contributed by atoms with Crippen LogP contribution in [-0.4, -0.2) is 29.7 Å². The van der Waals surface area contributed by atoms with E-state index >= 15 is 0 Å².